The number of nitrogens with two attached hydrogens (primary N) is 1. The zero-order chi connectivity index (χ0) is 26.6. The number of carbonyl (C=O) groups excluding carboxylic acids is 3. The molecule has 3 amide bonds. The highest BCUT2D eigenvalue weighted by Crippen LogP contribution is 2.07. The van der Waals surface area contributed by atoms with Crippen molar-refractivity contribution in [3.05, 3.63) is 0 Å². The maximum atomic E-state index is 12.7. The lowest BCUT2D eigenvalue weighted by Crippen LogP contribution is -2.58. The summed E-state index contributed by atoms with van der Waals surface area (Å²) in [5, 5.41) is 42.1. The van der Waals surface area contributed by atoms with Gasteiger partial charge in [0.1, 0.15) is 18.1 Å². The van der Waals surface area contributed by atoms with E-state index in [1.807, 2.05) is 0 Å². The molecule has 9 N–H and O–H groups in total. The van der Waals surface area contributed by atoms with Gasteiger partial charge in [0.2, 0.25) is 17.7 Å². The molecule has 0 aliphatic heterocycles. The predicted octanol–water partition coefficient (Wildman–Crippen LogP) is -2.29. The Morgan fingerprint density at radius 1 is 0.676 bits per heavy atom. The molecule has 0 saturated heterocycles. The van der Waals surface area contributed by atoms with E-state index in [1.165, 1.54) is 13.8 Å². The van der Waals surface area contributed by atoms with Gasteiger partial charge in [-0.05, 0) is 18.8 Å². The van der Waals surface area contributed by atoms with Gasteiger partial charge in [-0.3, -0.25) is 28.8 Å². The molecule has 0 radical (unpaired) electrons. The lowest BCUT2D eigenvalue weighted by molar-refractivity contribution is -0.144. The number of aliphatic carboxylic acids is 4. The summed E-state index contributed by atoms with van der Waals surface area (Å²) in [6.45, 7) is 3.01. The van der Waals surface area contributed by atoms with Gasteiger partial charge < -0.3 is 42.1 Å². The number of rotatable bonds is 16. The van der Waals surface area contributed by atoms with E-state index in [-0.39, 0.29) is 6.42 Å². The van der Waals surface area contributed by atoms with Crippen LogP contribution in [0.3, 0.4) is 0 Å². The molecular formula is C19H30N4O11. The van der Waals surface area contributed by atoms with Crippen molar-refractivity contribution in [1.29, 1.82) is 0 Å². The normalized spacial score (nSPS) is 14.2. The largest absolute Gasteiger partial charge is 0.481 e. The summed E-state index contributed by atoms with van der Waals surface area (Å²) in [6, 6.07) is -5.91. The first kappa shape index (κ1) is 30.2. The zero-order valence-corrected chi connectivity index (χ0v) is 18.6. The van der Waals surface area contributed by atoms with Crippen LogP contribution in [-0.4, -0.2) is 86.2 Å². The predicted molar refractivity (Wildman–Crippen MR) is 112 cm³/mol. The molecule has 0 saturated carbocycles. The van der Waals surface area contributed by atoms with Gasteiger partial charge >= 0.3 is 23.9 Å². The lowest BCUT2D eigenvalue weighted by Gasteiger charge is -2.26. The van der Waals surface area contributed by atoms with Gasteiger partial charge in [-0.1, -0.05) is 13.8 Å². The van der Waals surface area contributed by atoms with Crippen molar-refractivity contribution >= 4 is 41.6 Å². The van der Waals surface area contributed by atoms with E-state index in [0.717, 1.165) is 0 Å². The fourth-order valence-corrected chi connectivity index (χ4v) is 2.65. The summed E-state index contributed by atoms with van der Waals surface area (Å²) >= 11 is 0. The zero-order valence-electron chi connectivity index (χ0n) is 18.6. The number of nitrogens with one attached hydrogen (secondary N) is 3. The van der Waals surface area contributed by atoms with E-state index in [0.29, 0.717) is 0 Å². The minimum absolute atomic E-state index is 0.271. The average molecular weight is 490 g/mol. The Morgan fingerprint density at radius 2 is 1.18 bits per heavy atom. The number of carboxylic acids is 4. The molecular weight excluding hydrogens is 460 g/mol. The van der Waals surface area contributed by atoms with E-state index >= 15 is 0 Å². The lowest BCUT2D eigenvalue weighted by atomic mass is 10.0. The Hall–Kier alpha value is -3.75. The molecule has 192 valence electrons. The third-order valence-electron chi connectivity index (χ3n) is 4.53. The minimum atomic E-state index is -1.67. The summed E-state index contributed by atoms with van der Waals surface area (Å²) in [4.78, 5) is 81.2. The van der Waals surface area contributed by atoms with E-state index in [9.17, 15) is 38.7 Å². The smallest absolute Gasteiger partial charge is 0.326 e. The van der Waals surface area contributed by atoms with E-state index in [2.05, 4.69) is 16.0 Å². The summed E-state index contributed by atoms with van der Waals surface area (Å²) in [5.41, 5.74) is 5.56. The third-order valence-corrected chi connectivity index (χ3v) is 4.53. The fraction of sp³-hybridized carbons (Fsp3) is 0.632. The monoisotopic (exact) mass is 490 g/mol. The van der Waals surface area contributed by atoms with Crippen LogP contribution in [0.25, 0.3) is 0 Å². The van der Waals surface area contributed by atoms with Crippen LogP contribution in [-0.2, 0) is 33.6 Å². The maximum absolute atomic E-state index is 12.7. The van der Waals surface area contributed by atoms with Gasteiger partial charge in [0, 0.05) is 12.8 Å². The van der Waals surface area contributed by atoms with Gasteiger partial charge in [-0.15, -0.1) is 0 Å². The number of hydrogen-bond donors (Lipinski definition) is 8. The molecule has 0 aliphatic rings. The van der Waals surface area contributed by atoms with Crippen molar-refractivity contribution in [3.8, 4) is 0 Å². The topological polar surface area (TPSA) is 263 Å². The Bertz CT molecular complexity index is 799. The Labute approximate surface area is 194 Å². The molecule has 4 atom stereocenters. The van der Waals surface area contributed by atoms with Crippen LogP contribution in [0.2, 0.25) is 0 Å². The Kier molecular flexibility index (Phi) is 12.8. The first-order chi connectivity index (χ1) is 15.6. The number of hydrogen-bond acceptors (Lipinski definition) is 8. The highest BCUT2D eigenvalue weighted by Gasteiger charge is 2.33. The molecule has 34 heavy (non-hydrogen) atoms. The van der Waals surface area contributed by atoms with Crippen LogP contribution in [0.4, 0.5) is 0 Å². The van der Waals surface area contributed by atoms with E-state index in [4.69, 9.17) is 21.1 Å². The van der Waals surface area contributed by atoms with Crippen molar-refractivity contribution in [2.75, 3.05) is 0 Å². The van der Waals surface area contributed by atoms with Crippen molar-refractivity contribution < 1.29 is 54.0 Å². The summed E-state index contributed by atoms with van der Waals surface area (Å²) in [5.74, 6) is -9.07. The number of amides is 3. The molecule has 0 aromatic rings. The molecule has 0 heterocycles. The summed E-state index contributed by atoms with van der Waals surface area (Å²) in [7, 11) is 0. The second kappa shape index (κ2) is 14.4. The minimum Gasteiger partial charge on any atom is -0.481 e. The van der Waals surface area contributed by atoms with Crippen LogP contribution < -0.4 is 21.7 Å². The average Bonchev–Trinajstić information content (AvgIpc) is 2.71. The number of carboxylic acid groups (broad SMARTS) is 4. The van der Waals surface area contributed by atoms with Gasteiger partial charge in [-0.25, -0.2) is 4.79 Å². The molecule has 0 fully saturated rings. The molecule has 0 spiro atoms. The molecule has 0 bridgehead atoms. The van der Waals surface area contributed by atoms with E-state index in [1.54, 1.807) is 0 Å². The molecule has 0 rings (SSSR count). The van der Waals surface area contributed by atoms with Crippen molar-refractivity contribution in [3.63, 3.8) is 0 Å². The van der Waals surface area contributed by atoms with Crippen molar-refractivity contribution in [2.24, 2.45) is 11.7 Å². The maximum Gasteiger partial charge on any atom is 0.326 e. The molecule has 0 aromatic carbocycles. The third kappa shape index (κ3) is 11.8. The second-order valence-corrected chi connectivity index (χ2v) is 7.76. The Balaban J connectivity index is 5.42. The van der Waals surface area contributed by atoms with Crippen LogP contribution >= 0.6 is 0 Å². The van der Waals surface area contributed by atoms with Gasteiger partial charge in [0.15, 0.2) is 0 Å². The Morgan fingerprint density at radius 3 is 1.62 bits per heavy atom. The SMILES string of the molecule is CC(C)C(NC(=O)C(CC(=O)O)NC(=O)C(N)CCC(=O)O)C(=O)NC(CCC(=O)O)C(=O)O. The van der Waals surface area contributed by atoms with Crippen LogP contribution in [0.15, 0.2) is 0 Å². The highest BCUT2D eigenvalue weighted by atomic mass is 16.4. The summed E-state index contributed by atoms with van der Waals surface area (Å²) < 4.78 is 0. The number of carbonyl (C=O) groups is 7. The second-order valence-electron chi connectivity index (χ2n) is 7.76. The molecule has 4 unspecified atom stereocenters. The van der Waals surface area contributed by atoms with Gasteiger partial charge in [0.05, 0.1) is 12.5 Å². The van der Waals surface area contributed by atoms with Crippen LogP contribution in [0, 0.1) is 5.92 Å². The van der Waals surface area contributed by atoms with Crippen molar-refractivity contribution in [1.82, 2.24) is 16.0 Å². The highest BCUT2D eigenvalue weighted by molar-refractivity contribution is 5.95. The van der Waals surface area contributed by atoms with Crippen LogP contribution in [0.1, 0.15) is 46.0 Å². The van der Waals surface area contributed by atoms with Crippen LogP contribution in [0.5, 0.6) is 0 Å². The molecule has 15 nitrogen and oxygen atoms in total. The quantitative estimate of drug-likeness (QED) is 0.114. The molecule has 0 aromatic heterocycles. The van der Waals surface area contributed by atoms with E-state index < -0.39 is 97.4 Å². The summed E-state index contributed by atoms with van der Waals surface area (Å²) in [6.07, 6.45) is -2.54. The van der Waals surface area contributed by atoms with Gasteiger partial charge in [-0.2, -0.15) is 0 Å². The fourth-order valence-electron chi connectivity index (χ4n) is 2.65. The standard InChI is InChI=1S/C19H30N4O11/c1-8(2)15(18(32)21-10(19(33)34)4-6-13(26)27)23-17(31)11(7-14(28)29)22-16(30)9(20)3-5-12(24)25/h8-11,15H,3-7,20H2,1-2H3,(H,21,32)(H,22,30)(H,23,31)(H,24,25)(H,26,27)(H,28,29)(H,33,34). The van der Waals surface area contributed by atoms with Gasteiger partial charge in [0.25, 0.3) is 0 Å². The van der Waals surface area contributed by atoms with Crippen molar-refractivity contribution in [2.45, 2.75) is 70.1 Å². The molecule has 15 heteroatoms. The first-order valence-corrected chi connectivity index (χ1v) is 10.2. The molecule has 0 aliphatic carbocycles. The first-order valence-electron chi connectivity index (χ1n) is 10.2.